The highest BCUT2D eigenvalue weighted by atomic mass is 16.5. The van der Waals surface area contributed by atoms with Gasteiger partial charge in [-0.05, 0) is 18.2 Å². The third-order valence-corrected chi connectivity index (χ3v) is 2.83. The lowest BCUT2D eigenvalue weighted by Crippen LogP contribution is -2.24. The van der Waals surface area contributed by atoms with Crippen LogP contribution in [0.3, 0.4) is 0 Å². The van der Waals surface area contributed by atoms with E-state index in [1.54, 1.807) is 41.2 Å². The van der Waals surface area contributed by atoms with Crippen molar-refractivity contribution in [3.05, 3.63) is 42.2 Å². The molecule has 3 rings (SSSR count). The Morgan fingerprint density at radius 2 is 2.29 bits per heavy atom. The monoisotopic (exact) mass is 285 g/mol. The number of hydrazone groups is 1. The quantitative estimate of drug-likeness (QED) is 0.372. The fraction of sp³-hybridized carbons (Fsp3) is 0.0769. The van der Waals surface area contributed by atoms with Crippen LogP contribution in [-0.2, 0) is 0 Å². The Morgan fingerprint density at radius 1 is 1.38 bits per heavy atom. The van der Waals surface area contributed by atoms with Gasteiger partial charge in [-0.15, -0.1) is 9.61 Å². The second-order valence-electron chi connectivity index (χ2n) is 4.16. The van der Waals surface area contributed by atoms with Crippen LogP contribution in [-0.4, -0.2) is 33.7 Å². The minimum absolute atomic E-state index is 0.0400. The molecule has 0 unspecified atom stereocenters. The average Bonchev–Trinajstić information content (AvgIpc) is 2.96. The second-order valence-corrected chi connectivity index (χ2v) is 4.16. The number of phenolic OH excluding ortho intramolecular Hbond substituents is 1. The number of methoxy groups -OCH3 is 1. The van der Waals surface area contributed by atoms with Gasteiger partial charge < -0.3 is 9.84 Å². The van der Waals surface area contributed by atoms with Crippen LogP contribution in [0.2, 0.25) is 0 Å². The number of hydrogen-bond donors (Lipinski definition) is 3. The molecule has 0 aliphatic carbocycles. The predicted octanol–water partition coefficient (Wildman–Crippen LogP) is 0.704. The van der Waals surface area contributed by atoms with Crippen LogP contribution in [0.1, 0.15) is 5.56 Å². The maximum absolute atomic E-state index is 9.92. The summed E-state index contributed by atoms with van der Waals surface area (Å²) >= 11 is 0. The highest BCUT2D eigenvalue weighted by Gasteiger charge is 2.06. The molecule has 0 aliphatic rings. The van der Waals surface area contributed by atoms with E-state index in [1.807, 2.05) is 0 Å². The molecule has 0 atom stereocenters. The number of nitrogens with one attached hydrogen (secondary N) is 2. The van der Waals surface area contributed by atoms with Crippen molar-refractivity contribution in [2.24, 2.45) is 5.10 Å². The summed E-state index contributed by atoms with van der Waals surface area (Å²) < 4.78 is 6.62. The van der Waals surface area contributed by atoms with Crippen LogP contribution >= 0.6 is 0 Å². The number of aromatic hydroxyl groups is 1. The maximum Gasteiger partial charge on any atom is 0.325 e. The number of benzene rings is 1. The lowest BCUT2D eigenvalue weighted by Gasteiger charge is -2.04. The molecule has 0 saturated carbocycles. The van der Waals surface area contributed by atoms with E-state index >= 15 is 0 Å². The summed E-state index contributed by atoms with van der Waals surface area (Å²) in [5, 5.41) is 24.9. The van der Waals surface area contributed by atoms with E-state index in [-0.39, 0.29) is 5.75 Å². The number of anilines is 1. The van der Waals surface area contributed by atoms with E-state index in [4.69, 9.17) is 4.74 Å². The summed E-state index contributed by atoms with van der Waals surface area (Å²) in [7, 11) is 1.50. The van der Waals surface area contributed by atoms with Crippen molar-refractivity contribution in [2.75, 3.05) is 12.5 Å². The van der Waals surface area contributed by atoms with E-state index in [0.29, 0.717) is 22.8 Å². The van der Waals surface area contributed by atoms with Crippen molar-refractivity contribution in [3.63, 3.8) is 0 Å². The van der Waals surface area contributed by atoms with Crippen molar-refractivity contribution in [2.45, 2.75) is 0 Å². The summed E-state index contributed by atoms with van der Waals surface area (Å²) in [4.78, 5) is 0. The summed E-state index contributed by atoms with van der Waals surface area (Å²) in [6.45, 7) is 0. The van der Waals surface area contributed by atoms with Crippen molar-refractivity contribution >= 4 is 17.7 Å². The third-order valence-electron chi connectivity index (χ3n) is 2.83. The molecule has 8 nitrogen and oxygen atoms in total. The van der Waals surface area contributed by atoms with Crippen molar-refractivity contribution < 1.29 is 14.4 Å². The molecule has 0 aliphatic heterocycles. The molecule has 0 radical (unpaired) electrons. The second kappa shape index (κ2) is 5.45. The molecule has 0 saturated heterocycles. The number of para-hydroxylation sites is 1. The van der Waals surface area contributed by atoms with Gasteiger partial charge in [-0.1, -0.05) is 11.2 Å². The predicted molar refractivity (Wildman–Crippen MR) is 75.4 cm³/mol. The number of nitrogens with zero attached hydrogens (tertiary/aromatic N) is 4. The van der Waals surface area contributed by atoms with Crippen molar-refractivity contribution in [3.8, 4) is 11.5 Å². The zero-order valence-corrected chi connectivity index (χ0v) is 11.2. The first-order valence-corrected chi connectivity index (χ1v) is 6.15. The van der Waals surface area contributed by atoms with Gasteiger partial charge in [0.1, 0.15) is 0 Å². The van der Waals surface area contributed by atoms with E-state index in [0.717, 1.165) is 0 Å². The van der Waals surface area contributed by atoms with E-state index in [9.17, 15) is 5.11 Å². The van der Waals surface area contributed by atoms with Gasteiger partial charge in [-0.2, -0.15) is 5.10 Å². The van der Waals surface area contributed by atoms with Gasteiger partial charge in [-0.3, -0.25) is 5.43 Å². The first-order valence-electron chi connectivity index (χ1n) is 6.15. The molecular formula is C13H13N6O2+. The van der Waals surface area contributed by atoms with Crippen LogP contribution in [0.15, 0.2) is 41.8 Å². The Balaban J connectivity index is 1.77. The number of phenols is 1. The Hall–Kier alpha value is -3.16. The number of aromatic amines is 1. The first kappa shape index (κ1) is 12.9. The fourth-order valence-electron chi connectivity index (χ4n) is 1.80. The summed E-state index contributed by atoms with van der Waals surface area (Å²) in [6.07, 6.45) is 3.11. The van der Waals surface area contributed by atoms with E-state index < -0.39 is 0 Å². The molecule has 0 fully saturated rings. The average molecular weight is 285 g/mol. The SMILES string of the molecule is COc1cccc(/C=N/Nc2ccc3n[nH]c[n+]3n2)c1O. The van der Waals surface area contributed by atoms with Gasteiger partial charge in [0.2, 0.25) is 6.33 Å². The minimum atomic E-state index is 0.0400. The zero-order valence-electron chi connectivity index (χ0n) is 11.2. The van der Waals surface area contributed by atoms with Gasteiger partial charge in [0.15, 0.2) is 17.3 Å². The Labute approximate surface area is 119 Å². The van der Waals surface area contributed by atoms with E-state index in [2.05, 4.69) is 25.8 Å². The topological polar surface area (TPSA) is 99.5 Å². The highest BCUT2D eigenvalue weighted by Crippen LogP contribution is 2.27. The molecule has 2 heterocycles. The molecule has 2 aromatic heterocycles. The number of aromatic nitrogens is 4. The van der Waals surface area contributed by atoms with Crippen LogP contribution in [0, 0.1) is 0 Å². The van der Waals surface area contributed by atoms with Gasteiger partial charge in [-0.25, -0.2) is 0 Å². The van der Waals surface area contributed by atoms with Gasteiger partial charge in [0, 0.05) is 16.7 Å². The Morgan fingerprint density at radius 3 is 3.14 bits per heavy atom. The molecule has 106 valence electrons. The molecule has 21 heavy (non-hydrogen) atoms. The molecule has 3 aromatic rings. The minimum Gasteiger partial charge on any atom is -0.504 e. The van der Waals surface area contributed by atoms with Crippen LogP contribution in [0.5, 0.6) is 11.5 Å². The van der Waals surface area contributed by atoms with Crippen LogP contribution in [0.4, 0.5) is 5.82 Å². The van der Waals surface area contributed by atoms with Crippen molar-refractivity contribution in [1.29, 1.82) is 0 Å². The molecule has 1 aromatic carbocycles. The normalized spacial score (nSPS) is 11.1. The molecule has 0 spiro atoms. The van der Waals surface area contributed by atoms with Gasteiger partial charge >= 0.3 is 5.65 Å². The Bertz CT molecular complexity index is 798. The molecule has 3 N–H and O–H groups in total. The summed E-state index contributed by atoms with van der Waals surface area (Å²) in [5.41, 5.74) is 4.03. The lowest BCUT2D eigenvalue weighted by atomic mass is 10.2. The third kappa shape index (κ3) is 2.59. The summed E-state index contributed by atoms with van der Waals surface area (Å²) in [5.74, 6) is 0.984. The van der Waals surface area contributed by atoms with Crippen molar-refractivity contribution in [1.82, 2.24) is 15.3 Å². The number of ether oxygens (including phenoxy) is 1. The number of fused-ring (bicyclic) bond motifs is 1. The van der Waals surface area contributed by atoms with Crippen LogP contribution < -0.4 is 14.7 Å². The number of hydrogen-bond acceptors (Lipinski definition) is 6. The Kier molecular flexibility index (Phi) is 3.34. The standard InChI is InChI=1S/C13H12N6O2/c1-21-10-4-2-3-9(13(10)20)7-14-16-11-5-6-12-17-15-8-19(12)18-11/h2-8H,1H3,(H2,14,16,17,18,20)/p+1. The lowest BCUT2D eigenvalue weighted by molar-refractivity contribution is -0.579. The maximum atomic E-state index is 9.92. The largest absolute Gasteiger partial charge is 0.504 e. The summed E-state index contributed by atoms with van der Waals surface area (Å²) in [6, 6.07) is 8.71. The smallest absolute Gasteiger partial charge is 0.325 e. The number of H-pyrrole nitrogens is 1. The van der Waals surface area contributed by atoms with Gasteiger partial charge in [0.05, 0.1) is 13.3 Å². The highest BCUT2D eigenvalue weighted by molar-refractivity contribution is 5.85. The number of rotatable bonds is 4. The molecule has 0 bridgehead atoms. The van der Waals surface area contributed by atoms with Crippen LogP contribution in [0.25, 0.3) is 5.65 Å². The van der Waals surface area contributed by atoms with Gasteiger partial charge in [0.25, 0.3) is 0 Å². The first-order chi connectivity index (χ1) is 10.3. The molecule has 0 amide bonds. The van der Waals surface area contributed by atoms with E-state index in [1.165, 1.54) is 13.3 Å². The molecular weight excluding hydrogens is 272 g/mol. The fourth-order valence-corrected chi connectivity index (χ4v) is 1.80. The zero-order chi connectivity index (χ0) is 14.7. The molecule has 8 heteroatoms.